The van der Waals surface area contributed by atoms with Crippen LogP contribution in [0.15, 0.2) is 18.3 Å². The third kappa shape index (κ3) is 3.34. The van der Waals surface area contributed by atoms with Crippen molar-refractivity contribution >= 4 is 23.2 Å². The van der Waals surface area contributed by atoms with Gasteiger partial charge in [-0.3, -0.25) is 0 Å². The fraction of sp³-hybridized carbons (Fsp3) is 0.500. The first kappa shape index (κ1) is 13.1. The van der Waals surface area contributed by atoms with Crippen molar-refractivity contribution in [1.29, 1.82) is 0 Å². The largest absolute Gasteiger partial charge is 0.396 e. The van der Waals surface area contributed by atoms with Gasteiger partial charge in [0.05, 0.1) is 5.02 Å². The van der Waals surface area contributed by atoms with Crippen molar-refractivity contribution in [3.8, 4) is 0 Å². The number of hydrogen-bond donors (Lipinski definition) is 2. The number of halogens is 1. The molecular weight excluding hydrogens is 252 g/mol. The van der Waals surface area contributed by atoms with E-state index in [1.165, 1.54) is 0 Å². The van der Waals surface area contributed by atoms with E-state index in [2.05, 4.69) is 15.4 Å². The second kappa shape index (κ2) is 6.02. The van der Waals surface area contributed by atoms with Crippen LogP contribution in [0.4, 0.5) is 5.95 Å². The number of aliphatic hydroxyl groups is 1. The molecule has 0 aliphatic carbocycles. The summed E-state index contributed by atoms with van der Waals surface area (Å²) >= 11 is 5.87. The maximum Gasteiger partial charge on any atom is 0.243 e. The SMILES string of the molecule is CC(CO)CCCNc1nc2ccc(Cl)cn2n1. The zero-order valence-electron chi connectivity index (χ0n) is 10.3. The summed E-state index contributed by atoms with van der Waals surface area (Å²) in [5, 5.41) is 17.0. The average molecular weight is 269 g/mol. The summed E-state index contributed by atoms with van der Waals surface area (Å²) in [5.74, 6) is 0.952. The Morgan fingerprint density at radius 1 is 1.50 bits per heavy atom. The second-order valence-corrected chi connectivity index (χ2v) is 4.88. The average Bonchev–Trinajstić information content (AvgIpc) is 2.76. The molecule has 0 saturated carbocycles. The van der Waals surface area contributed by atoms with Gasteiger partial charge >= 0.3 is 0 Å². The number of fused-ring (bicyclic) bond motifs is 1. The van der Waals surface area contributed by atoms with Gasteiger partial charge in [0.15, 0.2) is 5.65 Å². The van der Waals surface area contributed by atoms with Gasteiger partial charge < -0.3 is 10.4 Å². The minimum Gasteiger partial charge on any atom is -0.396 e. The molecule has 5 nitrogen and oxygen atoms in total. The van der Waals surface area contributed by atoms with Gasteiger partial charge in [-0.05, 0) is 30.9 Å². The first-order chi connectivity index (χ1) is 8.69. The first-order valence-corrected chi connectivity index (χ1v) is 6.43. The van der Waals surface area contributed by atoms with E-state index in [4.69, 9.17) is 16.7 Å². The van der Waals surface area contributed by atoms with Gasteiger partial charge in [-0.15, -0.1) is 5.10 Å². The molecule has 1 atom stereocenters. The molecule has 0 aromatic carbocycles. The first-order valence-electron chi connectivity index (χ1n) is 6.05. The number of nitrogens with zero attached hydrogens (tertiary/aromatic N) is 3. The monoisotopic (exact) mass is 268 g/mol. The van der Waals surface area contributed by atoms with Crippen molar-refractivity contribution in [2.24, 2.45) is 5.92 Å². The topological polar surface area (TPSA) is 62.5 Å². The molecule has 6 heteroatoms. The van der Waals surface area contributed by atoms with E-state index in [0.29, 0.717) is 16.9 Å². The van der Waals surface area contributed by atoms with Crippen LogP contribution in [-0.2, 0) is 0 Å². The van der Waals surface area contributed by atoms with E-state index in [9.17, 15) is 0 Å². The number of pyridine rings is 1. The molecule has 2 aromatic heterocycles. The normalized spacial score (nSPS) is 12.8. The maximum absolute atomic E-state index is 8.91. The van der Waals surface area contributed by atoms with E-state index in [1.807, 2.05) is 13.0 Å². The Morgan fingerprint density at radius 2 is 2.33 bits per heavy atom. The highest BCUT2D eigenvalue weighted by Gasteiger charge is 2.04. The van der Waals surface area contributed by atoms with Crippen molar-refractivity contribution < 1.29 is 5.11 Å². The fourth-order valence-electron chi connectivity index (χ4n) is 1.67. The molecule has 0 aliphatic heterocycles. The Bertz CT molecular complexity index is 514. The van der Waals surface area contributed by atoms with Crippen molar-refractivity contribution in [2.45, 2.75) is 19.8 Å². The maximum atomic E-state index is 8.91. The van der Waals surface area contributed by atoms with Crippen LogP contribution in [0.1, 0.15) is 19.8 Å². The van der Waals surface area contributed by atoms with E-state index in [1.54, 1.807) is 16.8 Å². The quantitative estimate of drug-likeness (QED) is 0.789. The fourth-order valence-corrected chi connectivity index (χ4v) is 1.83. The highest BCUT2D eigenvalue weighted by atomic mass is 35.5. The smallest absolute Gasteiger partial charge is 0.243 e. The summed E-state index contributed by atoms with van der Waals surface area (Å²) in [6, 6.07) is 3.62. The summed E-state index contributed by atoms with van der Waals surface area (Å²) < 4.78 is 1.65. The van der Waals surface area contributed by atoms with E-state index < -0.39 is 0 Å². The summed E-state index contributed by atoms with van der Waals surface area (Å²) in [7, 11) is 0. The van der Waals surface area contributed by atoms with Crippen LogP contribution in [0.2, 0.25) is 5.02 Å². The third-order valence-electron chi connectivity index (χ3n) is 2.76. The van der Waals surface area contributed by atoms with Crippen LogP contribution in [0, 0.1) is 5.92 Å². The van der Waals surface area contributed by atoms with Crippen LogP contribution < -0.4 is 5.32 Å². The lowest BCUT2D eigenvalue weighted by Gasteiger charge is -2.06. The highest BCUT2D eigenvalue weighted by Crippen LogP contribution is 2.11. The van der Waals surface area contributed by atoms with Crippen LogP contribution in [0.5, 0.6) is 0 Å². The predicted octanol–water partition coefficient (Wildman–Crippen LogP) is 2.20. The van der Waals surface area contributed by atoms with Gasteiger partial charge in [-0.2, -0.15) is 4.98 Å². The lowest BCUT2D eigenvalue weighted by Crippen LogP contribution is -2.07. The number of hydrogen-bond acceptors (Lipinski definition) is 4. The molecule has 0 spiro atoms. The molecule has 0 fully saturated rings. The summed E-state index contributed by atoms with van der Waals surface area (Å²) in [6.45, 7) is 3.07. The Balaban J connectivity index is 1.88. The lowest BCUT2D eigenvalue weighted by molar-refractivity contribution is 0.229. The zero-order valence-corrected chi connectivity index (χ0v) is 11.1. The molecule has 0 aliphatic rings. The molecule has 0 radical (unpaired) electrons. The number of nitrogens with one attached hydrogen (secondary N) is 1. The van der Waals surface area contributed by atoms with E-state index in [0.717, 1.165) is 25.0 Å². The molecule has 2 N–H and O–H groups in total. The molecule has 2 heterocycles. The standard InChI is InChI=1S/C12H17ClN4O/c1-9(8-18)3-2-6-14-12-15-11-5-4-10(13)7-17(11)16-12/h4-5,7,9,18H,2-3,6,8H2,1H3,(H,14,16). The number of aromatic nitrogens is 3. The van der Waals surface area contributed by atoms with Crippen LogP contribution in [0.25, 0.3) is 5.65 Å². The molecule has 18 heavy (non-hydrogen) atoms. The Morgan fingerprint density at radius 3 is 3.11 bits per heavy atom. The molecule has 0 bridgehead atoms. The second-order valence-electron chi connectivity index (χ2n) is 4.44. The molecule has 2 rings (SSSR count). The van der Waals surface area contributed by atoms with Crippen molar-refractivity contribution in [3.63, 3.8) is 0 Å². The van der Waals surface area contributed by atoms with E-state index >= 15 is 0 Å². The Hall–Kier alpha value is -1.33. The number of rotatable bonds is 6. The van der Waals surface area contributed by atoms with Gasteiger partial charge in [-0.1, -0.05) is 18.5 Å². The zero-order chi connectivity index (χ0) is 13.0. The highest BCUT2D eigenvalue weighted by molar-refractivity contribution is 6.30. The summed E-state index contributed by atoms with van der Waals surface area (Å²) in [6.07, 6.45) is 3.70. The van der Waals surface area contributed by atoms with Crippen LogP contribution >= 0.6 is 11.6 Å². The van der Waals surface area contributed by atoms with Crippen molar-refractivity contribution in [1.82, 2.24) is 14.6 Å². The molecular formula is C12H17ClN4O. The number of anilines is 1. The molecule has 0 saturated heterocycles. The van der Waals surface area contributed by atoms with Gasteiger partial charge in [0.1, 0.15) is 0 Å². The molecule has 2 aromatic rings. The van der Waals surface area contributed by atoms with Gasteiger partial charge in [-0.25, -0.2) is 4.52 Å². The Labute approximate surface area is 111 Å². The number of aliphatic hydroxyl groups excluding tert-OH is 1. The van der Waals surface area contributed by atoms with E-state index in [-0.39, 0.29) is 6.61 Å². The van der Waals surface area contributed by atoms with Crippen molar-refractivity contribution in [3.05, 3.63) is 23.4 Å². The predicted molar refractivity (Wildman–Crippen MR) is 72.0 cm³/mol. The summed E-state index contributed by atoms with van der Waals surface area (Å²) in [5.41, 5.74) is 0.769. The van der Waals surface area contributed by atoms with Crippen LogP contribution in [-0.4, -0.2) is 32.9 Å². The van der Waals surface area contributed by atoms with Crippen LogP contribution in [0.3, 0.4) is 0 Å². The molecule has 98 valence electrons. The minimum atomic E-state index is 0.241. The third-order valence-corrected chi connectivity index (χ3v) is 2.99. The van der Waals surface area contributed by atoms with Crippen molar-refractivity contribution in [2.75, 3.05) is 18.5 Å². The van der Waals surface area contributed by atoms with Gasteiger partial charge in [0.2, 0.25) is 5.95 Å². The minimum absolute atomic E-state index is 0.241. The Kier molecular flexibility index (Phi) is 4.38. The molecule has 1 unspecified atom stereocenters. The lowest BCUT2D eigenvalue weighted by atomic mass is 10.1. The summed E-state index contributed by atoms with van der Waals surface area (Å²) in [4.78, 5) is 4.32. The van der Waals surface area contributed by atoms with Gasteiger partial charge in [0, 0.05) is 19.3 Å². The molecule has 0 amide bonds. The van der Waals surface area contributed by atoms with Gasteiger partial charge in [0.25, 0.3) is 0 Å².